The van der Waals surface area contributed by atoms with Crippen LogP contribution in [0.2, 0.25) is 0 Å². The molecule has 0 saturated heterocycles. The first-order chi connectivity index (χ1) is 6.68. The minimum Gasteiger partial charge on any atom is -0.321 e. The molecule has 1 aromatic rings. The third-order valence-electron chi connectivity index (χ3n) is 2.71. The highest BCUT2D eigenvalue weighted by Crippen LogP contribution is 2.25. The van der Waals surface area contributed by atoms with Crippen LogP contribution in [0.15, 0.2) is 22.7 Å². The van der Waals surface area contributed by atoms with Crippen LogP contribution in [-0.4, -0.2) is 11.8 Å². The number of benzene rings is 1. The zero-order valence-electron chi connectivity index (χ0n) is 8.20. The van der Waals surface area contributed by atoms with E-state index in [1.807, 2.05) is 12.1 Å². The van der Waals surface area contributed by atoms with Crippen LogP contribution in [0.25, 0.3) is 0 Å². The average molecular weight is 291 g/mol. The number of nitrogens with two attached hydrogens (primary N) is 1. The van der Waals surface area contributed by atoms with Gasteiger partial charge in [0.2, 0.25) is 0 Å². The van der Waals surface area contributed by atoms with Crippen LogP contribution in [0.1, 0.15) is 17.5 Å². The zero-order valence-corrected chi connectivity index (χ0v) is 10.6. The van der Waals surface area contributed by atoms with E-state index in [1.165, 1.54) is 5.56 Å². The molecule has 0 heterocycles. The van der Waals surface area contributed by atoms with Gasteiger partial charge in [0.05, 0.1) is 6.04 Å². The van der Waals surface area contributed by atoms with E-state index in [9.17, 15) is 4.79 Å². The number of Topliss-reactive ketones (excluding diaryl/α,β-unsaturated/α-hetero) is 1. The van der Waals surface area contributed by atoms with Gasteiger partial charge in [-0.05, 0) is 30.0 Å². The Labute approximate surface area is 104 Å². The van der Waals surface area contributed by atoms with Crippen molar-refractivity contribution in [3.8, 4) is 0 Å². The third-order valence-corrected chi connectivity index (χ3v) is 3.45. The molecule has 0 saturated carbocycles. The second kappa shape index (κ2) is 5.10. The van der Waals surface area contributed by atoms with Crippen LogP contribution in [0.4, 0.5) is 0 Å². The number of fused-ring (bicyclic) bond motifs is 1. The van der Waals surface area contributed by atoms with Gasteiger partial charge >= 0.3 is 0 Å². The number of hydrogen-bond donors (Lipinski definition) is 1. The second-order valence-corrected chi connectivity index (χ2v) is 4.52. The van der Waals surface area contributed by atoms with Gasteiger partial charge in [-0.15, -0.1) is 12.4 Å². The number of hydrogen-bond acceptors (Lipinski definition) is 2. The molecule has 2 nitrogen and oxygen atoms in total. The van der Waals surface area contributed by atoms with Gasteiger partial charge in [-0.1, -0.05) is 28.1 Å². The van der Waals surface area contributed by atoms with E-state index >= 15 is 0 Å². The van der Waals surface area contributed by atoms with Crippen LogP contribution >= 0.6 is 28.3 Å². The average Bonchev–Trinajstić information content (AvgIpc) is 2.30. The van der Waals surface area contributed by atoms with E-state index in [-0.39, 0.29) is 24.2 Å². The predicted octanol–water partition coefficient (Wildman–Crippen LogP) is 2.26. The van der Waals surface area contributed by atoms with Crippen molar-refractivity contribution in [3.63, 3.8) is 0 Å². The molecule has 0 aliphatic heterocycles. The minimum atomic E-state index is -0.283. The maximum absolute atomic E-state index is 11.6. The van der Waals surface area contributed by atoms with Gasteiger partial charge in [0.1, 0.15) is 0 Å². The van der Waals surface area contributed by atoms with E-state index in [0.29, 0.717) is 6.42 Å². The van der Waals surface area contributed by atoms with Crippen molar-refractivity contribution in [2.75, 3.05) is 0 Å². The molecule has 1 aliphatic rings. The van der Waals surface area contributed by atoms with Crippen molar-refractivity contribution in [1.29, 1.82) is 0 Å². The van der Waals surface area contributed by atoms with Crippen molar-refractivity contribution in [2.24, 2.45) is 5.73 Å². The third kappa shape index (κ3) is 2.60. The lowest BCUT2D eigenvalue weighted by molar-refractivity contribution is -0.119. The van der Waals surface area contributed by atoms with Crippen molar-refractivity contribution in [3.05, 3.63) is 33.8 Å². The summed E-state index contributed by atoms with van der Waals surface area (Å²) in [7, 11) is 0. The van der Waals surface area contributed by atoms with E-state index in [0.717, 1.165) is 22.9 Å². The second-order valence-electron chi connectivity index (χ2n) is 3.67. The summed E-state index contributed by atoms with van der Waals surface area (Å²) in [6.45, 7) is 0. The lowest BCUT2D eigenvalue weighted by Gasteiger charge is -2.06. The van der Waals surface area contributed by atoms with Gasteiger partial charge in [-0.3, -0.25) is 4.79 Å². The highest BCUT2D eigenvalue weighted by molar-refractivity contribution is 9.10. The molecule has 0 amide bonds. The largest absolute Gasteiger partial charge is 0.321 e. The van der Waals surface area contributed by atoms with Crippen LogP contribution in [-0.2, 0) is 17.6 Å². The maximum atomic E-state index is 11.6. The van der Waals surface area contributed by atoms with Crippen molar-refractivity contribution in [1.82, 2.24) is 0 Å². The Morgan fingerprint density at radius 3 is 2.87 bits per heavy atom. The summed E-state index contributed by atoms with van der Waals surface area (Å²) in [5.41, 5.74) is 8.11. The summed E-state index contributed by atoms with van der Waals surface area (Å²) in [6.07, 6.45) is 2.14. The van der Waals surface area contributed by atoms with Gasteiger partial charge in [0.15, 0.2) is 5.78 Å². The molecule has 2 rings (SSSR count). The molecule has 0 aromatic heterocycles. The monoisotopic (exact) mass is 289 g/mol. The van der Waals surface area contributed by atoms with Gasteiger partial charge in [-0.25, -0.2) is 0 Å². The van der Waals surface area contributed by atoms with E-state index < -0.39 is 0 Å². The van der Waals surface area contributed by atoms with Crippen molar-refractivity contribution < 1.29 is 4.79 Å². The molecule has 1 aliphatic carbocycles. The Bertz CT molecular complexity index is 381. The highest BCUT2D eigenvalue weighted by Gasteiger charge is 2.21. The fraction of sp³-hybridized carbons (Fsp3) is 0.364. The molecule has 15 heavy (non-hydrogen) atoms. The van der Waals surface area contributed by atoms with Crippen LogP contribution in [0.5, 0.6) is 0 Å². The van der Waals surface area contributed by atoms with Gasteiger partial charge in [0, 0.05) is 10.9 Å². The number of carbonyl (C=O) groups excluding carboxylic acids is 1. The van der Waals surface area contributed by atoms with Gasteiger partial charge < -0.3 is 5.73 Å². The molecule has 0 spiro atoms. The first-order valence-corrected chi connectivity index (χ1v) is 5.52. The molecule has 1 unspecified atom stereocenters. The van der Waals surface area contributed by atoms with E-state index in [1.54, 1.807) is 0 Å². The van der Waals surface area contributed by atoms with Gasteiger partial charge in [0.25, 0.3) is 0 Å². The molecule has 4 heteroatoms. The summed E-state index contributed by atoms with van der Waals surface area (Å²) in [6, 6.07) is 5.77. The number of aryl methyl sites for hydroxylation is 1. The number of halogens is 2. The topological polar surface area (TPSA) is 43.1 Å². The quantitative estimate of drug-likeness (QED) is 0.745. The Morgan fingerprint density at radius 1 is 1.40 bits per heavy atom. The smallest absolute Gasteiger partial charge is 0.153 e. The Balaban J connectivity index is 0.00000112. The molecule has 0 bridgehead atoms. The summed E-state index contributed by atoms with van der Waals surface area (Å²) in [5.74, 6) is 0.149. The van der Waals surface area contributed by atoms with Crippen LogP contribution < -0.4 is 5.73 Å². The van der Waals surface area contributed by atoms with E-state index in [2.05, 4.69) is 22.0 Å². The predicted molar refractivity (Wildman–Crippen MR) is 66.4 cm³/mol. The first-order valence-electron chi connectivity index (χ1n) is 4.73. The molecular weight excluding hydrogens is 277 g/mol. The Morgan fingerprint density at radius 2 is 2.13 bits per heavy atom. The zero-order chi connectivity index (χ0) is 10.1. The van der Waals surface area contributed by atoms with Crippen molar-refractivity contribution >= 4 is 34.1 Å². The van der Waals surface area contributed by atoms with Gasteiger partial charge in [-0.2, -0.15) is 0 Å². The molecule has 0 radical (unpaired) electrons. The van der Waals surface area contributed by atoms with Crippen LogP contribution in [0, 0.1) is 0 Å². The molecule has 1 atom stereocenters. The fourth-order valence-corrected chi connectivity index (χ4v) is 2.36. The number of rotatable bonds is 0. The Hall–Kier alpha value is -0.380. The molecule has 1 aromatic carbocycles. The molecule has 0 fully saturated rings. The van der Waals surface area contributed by atoms with E-state index in [4.69, 9.17) is 5.73 Å². The first kappa shape index (κ1) is 12.7. The summed E-state index contributed by atoms with van der Waals surface area (Å²) in [5, 5.41) is 0. The number of ketones is 1. The summed E-state index contributed by atoms with van der Waals surface area (Å²) >= 11 is 3.47. The normalized spacial score (nSPS) is 20.1. The number of carbonyl (C=O) groups is 1. The fourth-order valence-electron chi connectivity index (χ4n) is 1.81. The standard InChI is InChI=1S/C11H12BrNO.ClH/c12-9-3-1-2-7-4-5-10(13)11(14)6-8(7)9;/h1-3,10H,4-6,13H2;1H. The molecule has 2 N–H and O–H groups in total. The summed E-state index contributed by atoms with van der Waals surface area (Å²) in [4.78, 5) is 11.6. The Kier molecular flexibility index (Phi) is 4.32. The molecular formula is C11H13BrClNO. The minimum absolute atomic E-state index is 0. The highest BCUT2D eigenvalue weighted by atomic mass is 79.9. The van der Waals surface area contributed by atoms with Crippen LogP contribution in [0.3, 0.4) is 0 Å². The summed E-state index contributed by atoms with van der Waals surface area (Å²) < 4.78 is 1.03. The maximum Gasteiger partial charge on any atom is 0.153 e. The lowest BCUT2D eigenvalue weighted by atomic mass is 10.0. The SMILES string of the molecule is Cl.NC1CCc2cccc(Br)c2CC1=O. The van der Waals surface area contributed by atoms with Crippen molar-refractivity contribution in [2.45, 2.75) is 25.3 Å². The molecule has 82 valence electrons. The lowest BCUT2D eigenvalue weighted by Crippen LogP contribution is -2.30.